The van der Waals surface area contributed by atoms with E-state index in [1.54, 1.807) is 48.8 Å². The predicted octanol–water partition coefficient (Wildman–Crippen LogP) is 1.89. The summed E-state index contributed by atoms with van der Waals surface area (Å²) in [5.74, 6) is -0.998. The number of benzene rings is 1. The zero-order chi connectivity index (χ0) is 14.4. The van der Waals surface area contributed by atoms with E-state index in [1.807, 2.05) is 0 Å². The molecule has 0 spiro atoms. The second-order valence-electron chi connectivity index (χ2n) is 4.35. The zero-order valence-corrected chi connectivity index (χ0v) is 10.7. The van der Waals surface area contributed by atoms with Crippen molar-refractivity contribution in [2.24, 2.45) is 0 Å². The van der Waals surface area contributed by atoms with Gasteiger partial charge in [-0.15, -0.1) is 0 Å². The van der Waals surface area contributed by atoms with E-state index in [4.69, 9.17) is 5.11 Å². The summed E-state index contributed by atoms with van der Waals surface area (Å²) in [6, 6.07) is 10.4. The largest absolute Gasteiger partial charge is 0.481 e. The van der Waals surface area contributed by atoms with Crippen molar-refractivity contribution in [3.63, 3.8) is 0 Å². The smallest absolute Gasteiger partial charge is 0.307 e. The molecule has 20 heavy (non-hydrogen) atoms. The van der Waals surface area contributed by atoms with Gasteiger partial charge in [0.1, 0.15) is 0 Å². The first-order valence-corrected chi connectivity index (χ1v) is 6.13. The van der Waals surface area contributed by atoms with Gasteiger partial charge in [-0.2, -0.15) is 0 Å². The number of carboxylic acids is 1. The maximum absolute atomic E-state index is 11.8. The maximum Gasteiger partial charge on any atom is 0.307 e. The van der Waals surface area contributed by atoms with E-state index in [1.165, 1.54) is 0 Å². The van der Waals surface area contributed by atoms with Crippen LogP contribution in [0.25, 0.3) is 0 Å². The molecule has 5 nitrogen and oxygen atoms in total. The van der Waals surface area contributed by atoms with Crippen molar-refractivity contribution in [1.29, 1.82) is 0 Å². The van der Waals surface area contributed by atoms with Gasteiger partial charge in [0, 0.05) is 18.1 Å². The standard InChI is InChI=1S/C15H14N2O3/c18-14(9-12-5-7-16-8-6-12)17-13-3-1-11(2-4-13)10-15(19)20/h1-8H,9-10H2,(H,17,18)(H,19,20). The van der Waals surface area contributed by atoms with Crippen molar-refractivity contribution in [3.05, 3.63) is 59.9 Å². The second-order valence-corrected chi connectivity index (χ2v) is 4.35. The van der Waals surface area contributed by atoms with Gasteiger partial charge in [0.15, 0.2) is 0 Å². The van der Waals surface area contributed by atoms with Gasteiger partial charge in [-0.05, 0) is 35.4 Å². The molecule has 1 aromatic heterocycles. The van der Waals surface area contributed by atoms with Crippen molar-refractivity contribution in [1.82, 2.24) is 4.98 Å². The predicted molar refractivity (Wildman–Crippen MR) is 74.4 cm³/mol. The van der Waals surface area contributed by atoms with Crippen LogP contribution in [0.3, 0.4) is 0 Å². The van der Waals surface area contributed by atoms with Gasteiger partial charge in [-0.25, -0.2) is 0 Å². The molecule has 0 fully saturated rings. The van der Waals surface area contributed by atoms with Gasteiger partial charge in [0.05, 0.1) is 12.8 Å². The molecule has 2 aromatic rings. The Bertz CT molecular complexity index is 594. The van der Waals surface area contributed by atoms with E-state index in [2.05, 4.69) is 10.3 Å². The van der Waals surface area contributed by atoms with Crippen LogP contribution >= 0.6 is 0 Å². The van der Waals surface area contributed by atoms with Crippen molar-refractivity contribution in [2.75, 3.05) is 5.32 Å². The number of nitrogens with zero attached hydrogens (tertiary/aromatic N) is 1. The number of hydrogen-bond donors (Lipinski definition) is 2. The van der Waals surface area contributed by atoms with Gasteiger partial charge < -0.3 is 10.4 Å². The number of aromatic nitrogens is 1. The fourth-order valence-corrected chi connectivity index (χ4v) is 1.77. The number of rotatable bonds is 5. The fourth-order valence-electron chi connectivity index (χ4n) is 1.77. The Morgan fingerprint density at radius 3 is 2.15 bits per heavy atom. The lowest BCUT2D eigenvalue weighted by Gasteiger charge is -2.06. The highest BCUT2D eigenvalue weighted by Crippen LogP contribution is 2.11. The lowest BCUT2D eigenvalue weighted by Crippen LogP contribution is -2.14. The van der Waals surface area contributed by atoms with Gasteiger partial charge in [0.25, 0.3) is 0 Å². The molecule has 2 rings (SSSR count). The number of carbonyl (C=O) groups excluding carboxylic acids is 1. The number of pyridine rings is 1. The lowest BCUT2D eigenvalue weighted by molar-refractivity contribution is -0.136. The minimum absolute atomic E-state index is 0.0226. The van der Waals surface area contributed by atoms with E-state index in [-0.39, 0.29) is 18.7 Å². The van der Waals surface area contributed by atoms with Gasteiger partial charge in [0.2, 0.25) is 5.91 Å². The van der Waals surface area contributed by atoms with Crippen molar-refractivity contribution >= 4 is 17.6 Å². The molecule has 0 aliphatic heterocycles. The topological polar surface area (TPSA) is 79.3 Å². The zero-order valence-electron chi connectivity index (χ0n) is 10.7. The SMILES string of the molecule is O=C(O)Cc1ccc(NC(=O)Cc2ccncc2)cc1. The first-order valence-electron chi connectivity index (χ1n) is 6.13. The monoisotopic (exact) mass is 270 g/mol. The number of aliphatic carboxylic acids is 1. The second kappa shape index (κ2) is 6.47. The van der Waals surface area contributed by atoms with Crippen LogP contribution in [0.2, 0.25) is 0 Å². The summed E-state index contributed by atoms with van der Waals surface area (Å²) in [6.07, 6.45) is 3.54. The maximum atomic E-state index is 11.8. The average Bonchev–Trinajstić information content (AvgIpc) is 2.41. The molecule has 2 N–H and O–H groups in total. The molecule has 1 heterocycles. The lowest BCUT2D eigenvalue weighted by atomic mass is 10.1. The molecule has 0 aliphatic rings. The molecule has 0 saturated carbocycles. The molecule has 0 aliphatic carbocycles. The third kappa shape index (κ3) is 4.20. The Morgan fingerprint density at radius 1 is 0.950 bits per heavy atom. The normalized spacial score (nSPS) is 10.0. The van der Waals surface area contributed by atoms with Crippen LogP contribution in [0.5, 0.6) is 0 Å². The van der Waals surface area contributed by atoms with Crippen LogP contribution in [0, 0.1) is 0 Å². The number of nitrogens with one attached hydrogen (secondary N) is 1. The Kier molecular flexibility index (Phi) is 4.44. The van der Waals surface area contributed by atoms with Crippen molar-refractivity contribution < 1.29 is 14.7 Å². The molecule has 0 atom stereocenters. The van der Waals surface area contributed by atoms with Crippen LogP contribution in [0.15, 0.2) is 48.8 Å². The molecular weight excluding hydrogens is 256 g/mol. The fraction of sp³-hybridized carbons (Fsp3) is 0.133. The van der Waals surface area contributed by atoms with Crippen LogP contribution in [0.4, 0.5) is 5.69 Å². The summed E-state index contributed by atoms with van der Waals surface area (Å²) < 4.78 is 0. The van der Waals surface area contributed by atoms with Crippen LogP contribution in [-0.2, 0) is 22.4 Å². The van der Waals surface area contributed by atoms with Crippen molar-refractivity contribution in [2.45, 2.75) is 12.8 Å². The van der Waals surface area contributed by atoms with Gasteiger partial charge in [-0.1, -0.05) is 12.1 Å². The molecule has 0 bridgehead atoms. The van der Waals surface area contributed by atoms with Crippen LogP contribution in [0.1, 0.15) is 11.1 Å². The highest BCUT2D eigenvalue weighted by molar-refractivity contribution is 5.92. The summed E-state index contributed by atoms with van der Waals surface area (Å²) in [5.41, 5.74) is 2.24. The summed E-state index contributed by atoms with van der Waals surface area (Å²) in [5, 5.41) is 11.4. The Labute approximate surface area is 116 Å². The molecule has 0 saturated heterocycles. The van der Waals surface area contributed by atoms with Gasteiger partial charge in [-0.3, -0.25) is 14.6 Å². The minimum atomic E-state index is -0.875. The molecule has 5 heteroatoms. The number of carbonyl (C=O) groups is 2. The Balaban J connectivity index is 1.93. The average molecular weight is 270 g/mol. The molecular formula is C15H14N2O3. The minimum Gasteiger partial charge on any atom is -0.481 e. The number of hydrogen-bond acceptors (Lipinski definition) is 3. The van der Waals surface area contributed by atoms with E-state index < -0.39 is 5.97 Å². The van der Waals surface area contributed by atoms with Crippen LogP contribution in [-0.4, -0.2) is 22.0 Å². The number of carboxylic acid groups (broad SMARTS) is 1. The van der Waals surface area contributed by atoms with E-state index in [0.29, 0.717) is 11.3 Å². The third-order valence-corrected chi connectivity index (χ3v) is 2.71. The summed E-state index contributed by atoms with van der Waals surface area (Å²) >= 11 is 0. The molecule has 102 valence electrons. The van der Waals surface area contributed by atoms with E-state index >= 15 is 0 Å². The van der Waals surface area contributed by atoms with Crippen molar-refractivity contribution in [3.8, 4) is 0 Å². The van der Waals surface area contributed by atoms with Crippen LogP contribution < -0.4 is 5.32 Å². The molecule has 0 unspecified atom stereocenters. The highest BCUT2D eigenvalue weighted by Gasteiger charge is 2.05. The summed E-state index contributed by atoms with van der Waals surface area (Å²) in [6.45, 7) is 0. The molecule has 1 amide bonds. The first kappa shape index (κ1) is 13.7. The Hall–Kier alpha value is -2.69. The number of amides is 1. The van der Waals surface area contributed by atoms with Gasteiger partial charge >= 0.3 is 5.97 Å². The summed E-state index contributed by atoms with van der Waals surface area (Å²) in [7, 11) is 0. The molecule has 0 radical (unpaired) electrons. The quantitative estimate of drug-likeness (QED) is 0.869. The Morgan fingerprint density at radius 2 is 1.55 bits per heavy atom. The van der Waals surface area contributed by atoms with E-state index in [0.717, 1.165) is 5.56 Å². The highest BCUT2D eigenvalue weighted by atomic mass is 16.4. The number of anilines is 1. The summed E-state index contributed by atoms with van der Waals surface area (Å²) in [4.78, 5) is 26.3. The third-order valence-electron chi connectivity index (χ3n) is 2.71. The molecule has 1 aromatic carbocycles. The first-order chi connectivity index (χ1) is 9.63. The van der Waals surface area contributed by atoms with E-state index in [9.17, 15) is 9.59 Å².